The van der Waals surface area contributed by atoms with Gasteiger partial charge < -0.3 is 4.90 Å². The second kappa shape index (κ2) is 8.07. The first-order valence-electron chi connectivity index (χ1n) is 10.2. The lowest BCUT2D eigenvalue weighted by Gasteiger charge is -2.33. The van der Waals surface area contributed by atoms with Crippen LogP contribution in [0.25, 0.3) is 5.70 Å². The quantitative estimate of drug-likeness (QED) is 0.580. The molecule has 0 aromatic heterocycles. The third-order valence-corrected chi connectivity index (χ3v) is 5.91. The maximum Gasteiger partial charge on any atom is 0.293 e. The van der Waals surface area contributed by atoms with Crippen LogP contribution in [-0.2, 0) is 0 Å². The number of hydrazone groups is 1. The second-order valence-electron chi connectivity index (χ2n) is 7.78. The summed E-state index contributed by atoms with van der Waals surface area (Å²) in [5.74, 6) is 0.738. The highest BCUT2D eigenvalue weighted by Gasteiger charge is 2.26. The van der Waals surface area contributed by atoms with Crippen LogP contribution in [0.15, 0.2) is 54.1 Å². The van der Waals surface area contributed by atoms with Crippen LogP contribution in [0.5, 0.6) is 0 Å². The molecular weight excluding hydrogens is 364 g/mol. The fourth-order valence-electron chi connectivity index (χ4n) is 4.37. The average molecular weight is 390 g/mol. The van der Waals surface area contributed by atoms with E-state index in [1.54, 1.807) is 6.07 Å². The Kier molecular flexibility index (Phi) is 5.34. The van der Waals surface area contributed by atoms with Crippen LogP contribution in [0, 0.1) is 16.0 Å². The fourth-order valence-corrected chi connectivity index (χ4v) is 4.37. The number of fused-ring (bicyclic) bond motifs is 1. The number of nitrogens with zero attached hydrogens (tertiary/aromatic N) is 3. The molecule has 1 fully saturated rings. The fraction of sp³-hybridized carbons (Fsp3) is 0.348. The second-order valence-corrected chi connectivity index (χ2v) is 7.78. The zero-order chi connectivity index (χ0) is 20.4. The molecule has 1 saturated heterocycles. The van der Waals surface area contributed by atoms with Crippen LogP contribution in [-0.4, -0.2) is 23.7 Å². The van der Waals surface area contributed by atoms with Gasteiger partial charge in [0.1, 0.15) is 5.69 Å². The predicted octanol–water partition coefficient (Wildman–Crippen LogP) is 4.94. The first-order valence-corrected chi connectivity index (χ1v) is 10.2. The first-order chi connectivity index (χ1) is 14.1. The maximum atomic E-state index is 11.9. The molecule has 0 atom stereocenters. The van der Waals surface area contributed by atoms with Crippen molar-refractivity contribution in [2.75, 3.05) is 18.0 Å². The van der Waals surface area contributed by atoms with Crippen molar-refractivity contribution in [3.8, 4) is 0 Å². The van der Waals surface area contributed by atoms with Crippen molar-refractivity contribution in [2.24, 2.45) is 11.0 Å². The lowest BCUT2D eigenvalue weighted by molar-refractivity contribution is -0.384. The third kappa shape index (κ3) is 3.75. The molecule has 6 nitrogen and oxygen atoms in total. The molecule has 2 aromatic rings. The normalized spacial score (nSPS) is 16.8. The standard InChI is InChI=1S/C23H26N4O2/c1-3-6-17-11-13-26(14-12-17)21-10-9-18(15-22(21)27(28)29)23-20-8-5-4-7-19(20)16(2)24-25-23/h4-5,7-10,15,17,24H,2-3,6,11-14H2,1H3. The molecule has 2 aliphatic rings. The topological polar surface area (TPSA) is 70.8 Å². The molecule has 1 N–H and O–H groups in total. The van der Waals surface area contributed by atoms with E-state index in [2.05, 4.69) is 28.9 Å². The Hall–Kier alpha value is -3.15. The third-order valence-electron chi connectivity index (χ3n) is 5.91. The van der Waals surface area contributed by atoms with E-state index in [0.717, 1.165) is 54.2 Å². The molecule has 29 heavy (non-hydrogen) atoms. The molecule has 2 aromatic carbocycles. The van der Waals surface area contributed by atoms with Gasteiger partial charge >= 0.3 is 0 Å². The number of nitro benzene ring substituents is 1. The highest BCUT2D eigenvalue weighted by Crippen LogP contribution is 2.34. The summed E-state index contributed by atoms with van der Waals surface area (Å²) in [4.78, 5) is 13.8. The zero-order valence-corrected chi connectivity index (χ0v) is 16.7. The Morgan fingerprint density at radius 3 is 2.62 bits per heavy atom. The van der Waals surface area contributed by atoms with Gasteiger partial charge in [-0.05, 0) is 24.8 Å². The zero-order valence-electron chi connectivity index (χ0n) is 16.7. The van der Waals surface area contributed by atoms with Gasteiger partial charge in [0.25, 0.3) is 5.69 Å². The molecule has 0 radical (unpaired) electrons. The Balaban J connectivity index is 1.66. The first kappa shape index (κ1) is 19.2. The highest BCUT2D eigenvalue weighted by atomic mass is 16.6. The lowest BCUT2D eigenvalue weighted by atomic mass is 9.91. The van der Waals surface area contributed by atoms with Gasteiger partial charge in [-0.3, -0.25) is 15.5 Å². The number of piperidine rings is 1. The van der Waals surface area contributed by atoms with Gasteiger partial charge in [-0.15, -0.1) is 0 Å². The molecule has 0 bridgehead atoms. The Labute approximate surface area is 171 Å². The number of nitro groups is 1. The minimum absolute atomic E-state index is 0.140. The van der Waals surface area contributed by atoms with Gasteiger partial charge in [-0.25, -0.2) is 0 Å². The molecule has 6 heteroatoms. The summed E-state index contributed by atoms with van der Waals surface area (Å²) in [6.07, 6.45) is 4.63. The van der Waals surface area contributed by atoms with Crippen LogP contribution in [0.3, 0.4) is 0 Å². The SMILES string of the molecule is C=C1NN=C(c2ccc(N3CCC(CCC)CC3)c([N+](=O)[O-])c2)c2ccccc21. The van der Waals surface area contributed by atoms with Crippen molar-refractivity contribution in [1.29, 1.82) is 0 Å². The molecule has 0 aliphatic carbocycles. The van der Waals surface area contributed by atoms with Gasteiger partial charge in [-0.2, -0.15) is 5.10 Å². The molecule has 0 amide bonds. The number of benzene rings is 2. The molecule has 2 heterocycles. The van der Waals surface area contributed by atoms with Gasteiger partial charge in [0.2, 0.25) is 0 Å². The lowest BCUT2D eigenvalue weighted by Crippen LogP contribution is -2.34. The van der Waals surface area contributed by atoms with Gasteiger partial charge in [0, 0.05) is 35.8 Å². The largest absolute Gasteiger partial charge is 0.366 e. The number of nitrogens with one attached hydrogen (secondary N) is 1. The van der Waals surface area contributed by atoms with Crippen LogP contribution in [0.2, 0.25) is 0 Å². The Morgan fingerprint density at radius 1 is 1.21 bits per heavy atom. The molecule has 0 unspecified atom stereocenters. The van der Waals surface area contributed by atoms with Gasteiger partial charge in [0.05, 0.1) is 16.3 Å². The molecule has 150 valence electrons. The van der Waals surface area contributed by atoms with Crippen LogP contribution in [0.1, 0.15) is 49.3 Å². The Bertz CT molecular complexity index is 975. The van der Waals surface area contributed by atoms with E-state index < -0.39 is 0 Å². The molecule has 0 spiro atoms. The predicted molar refractivity (Wildman–Crippen MR) is 117 cm³/mol. The Morgan fingerprint density at radius 2 is 1.93 bits per heavy atom. The van der Waals surface area contributed by atoms with Crippen LogP contribution >= 0.6 is 0 Å². The summed E-state index contributed by atoms with van der Waals surface area (Å²) in [6.45, 7) is 7.95. The number of hydrogen-bond donors (Lipinski definition) is 1. The van der Waals surface area contributed by atoms with E-state index in [1.807, 2.05) is 36.4 Å². The smallest absolute Gasteiger partial charge is 0.293 e. The summed E-state index contributed by atoms with van der Waals surface area (Å²) >= 11 is 0. The van der Waals surface area contributed by atoms with E-state index in [4.69, 9.17) is 0 Å². The van der Waals surface area contributed by atoms with E-state index in [9.17, 15) is 10.1 Å². The van der Waals surface area contributed by atoms with Crippen molar-refractivity contribution < 1.29 is 4.92 Å². The number of rotatable bonds is 5. The van der Waals surface area contributed by atoms with Crippen molar-refractivity contribution in [3.63, 3.8) is 0 Å². The maximum absolute atomic E-state index is 11.9. The average Bonchev–Trinajstić information content (AvgIpc) is 2.75. The summed E-state index contributed by atoms with van der Waals surface area (Å²) in [5.41, 5.74) is 7.83. The van der Waals surface area contributed by atoms with E-state index in [0.29, 0.717) is 11.4 Å². The van der Waals surface area contributed by atoms with Crippen molar-refractivity contribution in [3.05, 3.63) is 75.8 Å². The minimum atomic E-state index is -0.279. The molecule has 4 rings (SSSR count). The van der Waals surface area contributed by atoms with E-state index in [1.165, 1.54) is 12.8 Å². The van der Waals surface area contributed by atoms with E-state index in [-0.39, 0.29) is 10.6 Å². The van der Waals surface area contributed by atoms with Crippen LogP contribution < -0.4 is 10.3 Å². The summed E-state index contributed by atoms with van der Waals surface area (Å²) in [7, 11) is 0. The molecular formula is C23H26N4O2. The van der Waals surface area contributed by atoms with Gasteiger partial charge in [-0.1, -0.05) is 56.7 Å². The number of hydrogen-bond acceptors (Lipinski definition) is 5. The minimum Gasteiger partial charge on any atom is -0.366 e. The van der Waals surface area contributed by atoms with E-state index >= 15 is 0 Å². The van der Waals surface area contributed by atoms with Crippen molar-refractivity contribution in [1.82, 2.24) is 5.43 Å². The summed E-state index contributed by atoms with van der Waals surface area (Å²) < 4.78 is 0. The van der Waals surface area contributed by atoms with Crippen molar-refractivity contribution >= 4 is 22.8 Å². The highest BCUT2D eigenvalue weighted by molar-refractivity contribution is 6.16. The van der Waals surface area contributed by atoms with Crippen molar-refractivity contribution in [2.45, 2.75) is 32.6 Å². The summed E-state index contributed by atoms with van der Waals surface area (Å²) in [6, 6.07) is 13.3. The number of anilines is 1. The molecule has 0 saturated carbocycles. The molecule has 2 aliphatic heterocycles. The monoisotopic (exact) mass is 390 g/mol. The summed E-state index contributed by atoms with van der Waals surface area (Å²) in [5, 5.41) is 16.3. The van der Waals surface area contributed by atoms with Gasteiger partial charge in [0.15, 0.2) is 0 Å². The van der Waals surface area contributed by atoms with Crippen LogP contribution in [0.4, 0.5) is 11.4 Å².